The van der Waals surface area contributed by atoms with E-state index < -0.39 is 9.05 Å². The van der Waals surface area contributed by atoms with Crippen LogP contribution in [0.1, 0.15) is 25.5 Å². The summed E-state index contributed by atoms with van der Waals surface area (Å²) in [5, 5.41) is 0. The lowest BCUT2D eigenvalue weighted by Gasteiger charge is -2.11. The molecule has 0 N–H and O–H groups in total. The van der Waals surface area contributed by atoms with Gasteiger partial charge in [0.15, 0.2) is 0 Å². The molecular weight excluding hydrogens is 236 g/mol. The van der Waals surface area contributed by atoms with Crippen molar-refractivity contribution in [2.45, 2.75) is 24.8 Å². The average molecular weight is 249 g/mol. The summed E-state index contributed by atoms with van der Waals surface area (Å²) >= 11 is 0. The van der Waals surface area contributed by atoms with Gasteiger partial charge in [0.25, 0.3) is 9.05 Å². The first-order valence-corrected chi connectivity index (χ1v) is 6.92. The number of hydrogen-bond acceptors (Lipinski definition) is 3. The van der Waals surface area contributed by atoms with Crippen LogP contribution in [0.15, 0.2) is 29.2 Å². The molecule has 0 spiro atoms. The number of benzene rings is 1. The van der Waals surface area contributed by atoms with Crippen molar-refractivity contribution in [2.24, 2.45) is 0 Å². The van der Waals surface area contributed by atoms with Gasteiger partial charge in [0, 0.05) is 17.3 Å². The van der Waals surface area contributed by atoms with Crippen LogP contribution >= 0.6 is 10.7 Å². The average Bonchev–Trinajstić information content (AvgIpc) is 2.17. The summed E-state index contributed by atoms with van der Waals surface area (Å²) in [6.45, 7) is 4.44. The van der Waals surface area contributed by atoms with E-state index in [2.05, 4.69) is 0 Å². The molecule has 1 aromatic rings. The Hall–Kier alpha value is -0.580. The SMILES string of the molecule is CCOC(C)c1ccc(S(=O)(=O)Cl)cc1. The van der Waals surface area contributed by atoms with Crippen LogP contribution in [0.3, 0.4) is 0 Å². The number of rotatable bonds is 4. The van der Waals surface area contributed by atoms with Crippen LogP contribution < -0.4 is 0 Å². The Balaban J connectivity index is 2.90. The van der Waals surface area contributed by atoms with Gasteiger partial charge in [-0.2, -0.15) is 0 Å². The largest absolute Gasteiger partial charge is 0.374 e. The molecular formula is C10H13ClO3S. The highest BCUT2D eigenvalue weighted by Crippen LogP contribution is 2.20. The fraction of sp³-hybridized carbons (Fsp3) is 0.400. The van der Waals surface area contributed by atoms with E-state index in [0.29, 0.717) is 6.61 Å². The van der Waals surface area contributed by atoms with Gasteiger partial charge in [-0.05, 0) is 31.5 Å². The first kappa shape index (κ1) is 12.5. The fourth-order valence-electron chi connectivity index (χ4n) is 1.25. The molecule has 1 aromatic carbocycles. The van der Waals surface area contributed by atoms with Crippen molar-refractivity contribution in [1.82, 2.24) is 0 Å². The molecule has 3 nitrogen and oxygen atoms in total. The highest BCUT2D eigenvalue weighted by molar-refractivity contribution is 8.13. The summed E-state index contributed by atoms with van der Waals surface area (Å²) in [6, 6.07) is 6.37. The number of ether oxygens (including phenoxy) is 1. The smallest absolute Gasteiger partial charge is 0.261 e. The molecule has 15 heavy (non-hydrogen) atoms. The Labute approximate surface area is 94.4 Å². The first-order valence-electron chi connectivity index (χ1n) is 4.61. The van der Waals surface area contributed by atoms with Gasteiger partial charge in [-0.25, -0.2) is 8.42 Å². The topological polar surface area (TPSA) is 43.4 Å². The van der Waals surface area contributed by atoms with Crippen molar-refractivity contribution in [2.75, 3.05) is 6.61 Å². The Morgan fingerprint density at radius 2 is 1.87 bits per heavy atom. The summed E-state index contributed by atoms with van der Waals surface area (Å²) in [5.41, 5.74) is 0.931. The zero-order valence-electron chi connectivity index (χ0n) is 8.60. The van der Waals surface area contributed by atoms with Gasteiger partial charge in [0.2, 0.25) is 0 Å². The highest BCUT2D eigenvalue weighted by Gasteiger charge is 2.10. The quantitative estimate of drug-likeness (QED) is 0.770. The third-order valence-corrected chi connectivity index (χ3v) is 3.42. The van der Waals surface area contributed by atoms with Crippen LogP contribution in [0.5, 0.6) is 0 Å². The van der Waals surface area contributed by atoms with E-state index in [1.54, 1.807) is 12.1 Å². The minimum atomic E-state index is -3.63. The standard InChI is InChI=1S/C10H13ClO3S/c1-3-14-8(2)9-4-6-10(7-5-9)15(11,12)13/h4-8H,3H2,1-2H3. The van der Waals surface area contributed by atoms with E-state index in [-0.39, 0.29) is 11.0 Å². The molecule has 0 saturated carbocycles. The van der Waals surface area contributed by atoms with E-state index in [1.165, 1.54) is 12.1 Å². The molecule has 0 amide bonds. The van der Waals surface area contributed by atoms with Gasteiger partial charge in [-0.1, -0.05) is 12.1 Å². The molecule has 0 bridgehead atoms. The third-order valence-electron chi connectivity index (χ3n) is 2.05. The van der Waals surface area contributed by atoms with Crippen LogP contribution in [0.4, 0.5) is 0 Å². The van der Waals surface area contributed by atoms with E-state index in [1.807, 2.05) is 13.8 Å². The van der Waals surface area contributed by atoms with Crippen LogP contribution in [-0.4, -0.2) is 15.0 Å². The Bertz CT molecular complexity index is 411. The molecule has 0 heterocycles. The predicted octanol–water partition coefficient (Wildman–Crippen LogP) is 2.71. The molecule has 0 aliphatic carbocycles. The summed E-state index contributed by atoms with van der Waals surface area (Å²) in [7, 11) is 1.57. The minimum absolute atomic E-state index is 0.0397. The Morgan fingerprint density at radius 3 is 2.27 bits per heavy atom. The lowest BCUT2D eigenvalue weighted by atomic mass is 10.1. The summed E-state index contributed by atoms with van der Waals surface area (Å²) in [5.74, 6) is 0. The minimum Gasteiger partial charge on any atom is -0.374 e. The van der Waals surface area contributed by atoms with Gasteiger partial charge < -0.3 is 4.74 Å². The normalized spacial score (nSPS) is 13.8. The van der Waals surface area contributed by atoms with Crippen molar-refractivity contribution >= 4 is 19.7 Å². The van der Waals surface area contributed by atoms with Gasteiger partial charge in [0.05, 0.1) is 11.0 Å². The highest BCUT2D eigenvalue weighted by atomic mass is 35.7. The molecule has 5 heteroatoms. The first-order chi connectivity index (χ1) is 6.95. The van der Waals surface area contributed by atoms with Crippen molar-refractivity contribution in [3.05, 3.63) is 29.8 Å². The molecule has 1 rings (SSSR count). The molecule has 0 aromatic heterocycles. The molecule has 1 atom stereocenters. The maximum atomic E-state index is 11.0. The number of hydrogen-bond donors (Lipinski definition) is 0. The van der Waals surface area contributed by atoms with Crippen LogP contribution in [-0.2, 0) is 13.8 Å². The molecule has 0 aliphatic heterocycles. The van der Waals surface area contributed by atoms with Crippen molar-refractivity contribution in [3.63, 3.8) is 0 Å². The van der Waals surface area contributed by atoms with Gasteiger partial charge in [0.1, 0.15) is 0 Å². The maximum absolute atomic E-state index is 11.0. The van der Waals surface area contributed by atoms with Crippen LogP contribution in [0, 0.1) is 0 Å². The Morgan fingerprint density at radius 1 is 1.33 bits per heavy atom. The van der Waals surface area contributed by atoms with Crippen molar-refractivity contribution in [1.29, 1.82) is 0 Å². The predicted molar refractivity (Wildman–Crippen MR) is 59.5 cm³/mol. The molecule has 1 unspecified atom stereocenters. The second-order valence-corrected chi connectivity index (χ2v) is 5.67. The Kier molecular flexibility index (Phi) is 4.13. The van der Waals surface area contributed by atoms with E-state index in [4.69, 9.17) is 15.4 Å². The molecule has 0 fully saturated rings. The van der Waals surface area contributed by atoms with Crippen LogP contribution in [0.2, 0.25) is 0 Å². The van der Waals surface area contributed by atoms with Crippen molar-refractivity contribution < 1.29 is 13.2 Å². The van der Waals surface area contributed by atoms with Gasteiger partial charge in [-0.3, -0.25) is 0 Å². The van der Waals surface area contributed by atoms with E-state index >= 15 is 0 Å². The van der Waals surface area contributed by atoms with Crippen LogP contribution in [0.25, 0.3) is 0 Å². The molecule has 0 saturated heterocycles. The van der Waals surface area contributed by atoms with Gasteiger partial charge in [-0.15, -0.1) is 0 Å². The second kappa shape index (κ2) is 4.96. The summed E-state index contributed by atoms with van der Waals surface area (Å²) < 4.78 is 27.3. The third kappa shape index (κ3) is 3.48. The summed E-state index contributed by atoms with van der Waals surface area (Å²) in [4.78, 5) is 0.108. The maximum Gasteiger partial charge on any atom is 0.261 e. The second-order valence-electron chi connectivity index (χ2n) is 3.10. The van der Waals surface area contributed by atoms with E-state index in [9.17, 15) is 8.42 Å². The number of halogens is 1. The zero-order valence-corrected chi connectivity index (χ0v) is 10.2. The summed E-state index contributed by atoms with van der Waals surface area (Å²) in [6.07, 6.45) is -0.0397. The molecule has 84 valence electrons. The molecule has 0 aliphatic rings. The molecule has 0 radical (unpaired) electrons. The van der Waals surface area contributed by atoms with E-state index in [0.717, 1.165) is 5.56 Å². The van der Waals surface area contributed by atoms with Crippen molar-refractivity contribution in [3.8, 4) is 0 Å². The monoisotopic (exact) mass is 248 g/mol. The lowest BCUT2D eigenvalue weighted by molar-refractivity contribution is 0.0763. The zero-order chi connectivity index (χ0) is 11.5. The lowest BCUT2D eigenvalue weighted by Crippen LogP contribution is -2.00. The fourth-order valence-corrected chi connectivity index (χ4v) is 2.02. The van der Waals surface area contributed by atoms with Gasteiger partial charge >= 0.3 is 0 Å².